The lowest BCUT2D eigenvalue weighted by Crippen LogP contribution is -2.66. The second-order valence-electron chi connectivity index (χ2n) is 14.6. The number of aliphatic hydroxyl groups excluding tert-OH is 2. The Balaban J connectivity index is 1.55. The Bertz CT molecular complexity index is 786. The molecule has 32 heavy (non-hydrogen) atoms. The van der Waals surface area contributed by atoms with Gasteiger partial charge in [0.05, 0.1) is 6.10 Å². The summed E-state index contributed by atoms with van der Waals surface area (Å²) in [5.74, 6) is 3.33. The molecule has 0 aromatic heterocycles. The minimum atomic E-state index is -0.147. The fraction of sp³-hybridized carbons (Fsp3) is 0.933. The van der Waals surface area contributed by atoms with Crippen LogP contribution < -0.4 is 0 Å². The second kappa shape index (κ2) is 7.09. The zero-order valence-electron chi connectivity index (χ0n) is 21.8. The fourth-order valence-electron chi connectivity index (χ4n) is 11.5. The highest BCUT2D eigenvalue weighted by atomic mass is 16.3. The van der Waals surface area contributed by atoms with E-state index in [2.05, 4.69) is 48.1 Å². The molecular formula is C30H50O2. The molecule has 0 aromatic rings. The van der Waals surface area contributed by atoms with Crippen molar-refractivity contribution in [1.82, 2.24) is 0 Å². The summed E-state index contributed by atoms with van der Waals surface area (Å²) in [5, 5.41) is 21.5. The highest BCUT2D eigenvalue weighted by molar-refractivity contribution is 5.21. The molecule has 0 bridgehead atoms. The van der Waals surface area contributed by atoms with Gasteiger partial charge in [-0.2, -0.15) is 0 Å². The minimum Gasteiger partial charge on any atom is -0.396 e. The van der Waals surface area contributed by atoms with E-state index in [1.165, 1.54) is 63.4 Å². The van der Waals surface area contributed by atoms with Gasteiger partial charge < -0.3 is 10.2 Å². The van der Waals surface area contributed by atoms with Gasteiger partial charge >= 0.3 is 0 Å². The number of aliphatic hydroxyl groups is 2. The van der Waals surface area contributed by atoms with Crippen molar-refractivity contribution in [3.63, 3.8) is 0 Å². The molecule has 0 unspecified atom stereocenters. The first-order valence-electron chi connectivity index (χ1n) is 13.8. The zero-order valence-corrected chi connectivity index (χ0v) is 21.8. The van der Waals surface area contributed by atoms with Gasteiger partial charge in [0.25, 0.3) is 0 Å². The maximum Gasteiger partial charge on any atom is 0.0594 e. The van der Waals surface area contributed by atoms with E-state index in [0.29, 0.717) is 40.6 Å². The van der Waals surface area contributed by atoms with Crippen LogP contribution in [0, 0.1) is 56.7 Å². The predicted molar refractivity (Wildman–Crippen MR) is 132 cm³/mol. The summed E-state index contributed by atoms with van der Waals surface area (Å²) in [6.45, 7) is 19.7. The molecule has 2 nitrogen and oxygen atoms in total. The largest absolute Gasteiger partial charge is 0.396 e. The third-order valence-corrected chi connectivity index (χ3v) is 13.5. The topological polar surface area (TPSA) is 40.5 Å². The third kappa shape index (κ3) is 2.66. The zero-order chi connectivity index (χ0) is 23.3. The predicted octanol–water partition coefficient (Wildman–Crippen LogP) is 7.00. The lowest BCUT2D eigenvalue weighted by molar-refractivity contribution is -0.249. The van der Waals surface area contributed by atoms with Crippen LogP contribution in [0.2, 0.25) is 0 Å². The van der Waals surface area contributed by atoms with Crippen LogP contribution in [0.3, 0.4) is 0 Å². The lowest BCUT2D eigenvalue weighted by Gasteiger charge is -2.73. The number of rotatable bonds is 2. The summed E-state index contributed by atoms with van der Waals surface area (Å²) in [6.07, 6.45) is 12.2. The van der Waals surface area contributed by atoms with E-state index in [0.717, 1.165) is 18.3 Å². The van der Waals surface area contributed by atoms with Crippen LogP contribution >= 0.6 is 0 Å². The Morgan fingerprint density at radius 3 is 2.19 bits per heavy atom. The van der Waals surface area contributed by atoms with Crippen molar-refractivity contribution in [2.45, 2.75) is 112 Å². The summed E-state index contributed by atoms with van der Waals surface area (Å²) in [5.41, 5.74) is 2.60. The molecule has 0 saturated heterocycles. The van der Waals surface area contributed by atoms with Gasteiger partial charge in [0, 0.05) is 6.61 Å². The summed E-state index contributed by atoms with van der Waals surface area (Å²) in [7, 11) is 0. The minimum absolute atomic E-state index is 0.0290. The number of allylic oxidation sites excluding steroid dienone is 1. The van der Waals surface area contributed by atoms with Crippen LogP contribution in [0.4, 0.5) is 0 Å². The van der Waals surface area contributed by atoms with Crippen molar-refractivity contribution in [1.29, 1.82) is 0 Å². The fourth-order valence-corrected chi connectivity index (χ4v) is 11.5. The van der Waals surface area contributed by atoms with Crippen molar-refractivity contribution in [2.24, 2.45) is 56.7 Å². The Morgan fingerprint density at radius 1 is 0.812 bits per heavy atom. The second-order valence-corrected chi connectivity index (χ2v) is 14.6. The molecule has 2 N–H and O–H groups in total. The molecule has 182 valence electrons. The summed E-state index contributed by atoms with van der Waals surface area (Å²) in [4.78, 5) is 0. The lowest BCUT2D eigenvalue weighted by atomic mass is 9.32. The molecule has 5 saturated carbocycles. The Kier molecular flexibility index (Phi) is 5.19. The first-order valence-corrected chi connectivity index (χ1v) is 13.8. The molecule has 5 rings (SSSR count). The molecule has 2 heteroatoms. The number of fused-ring (bicyclic) bond motifs is 7. The SMILES string of the molecule is C=C(C)[C@H]1CC[C@]2(CO)CC[C@]3(C)[C@@H](CC[C@@H]4[C@@]5(C)CC[C@H](O)C(C)(C)[C@H]5CC[C@]43C)[C@H]12. The van der Waals surface area contributed by atoms with Gasteiger partial charge in [0.15, 0.2) is 0 Å². The third-order valence-electron chi connectivity index (χ3n) is 13.5. The molecular weight excluding hydrogens is 392 g/mol. The van der Waals surface area contributed by atoms with Crippen molar-refractivity contribution in [3.05, 3.63) is 12.2 Å². The van der Waals surface area contributed by atoms with Crippen LogP contribution in [0.1, 0.15) is 106 Å². The molecule has 5 aliphatic carbocycles. The van der Waals surface area contributed by atoms with Crippen molar-refractivity contribution in [3.8, 4) is 0 Å². The van der Waals surface area contributed by atoms with Crippen molar-refractivity contribution in [2.75, 3.05) is 6.61 Å². The van der Waals surface area contributed by atoms with E-state index in [4.69, 9.17) is 0 Å². The van der Waals surface area contributed by atoms with Gasteiger partial charge in [-0.25, -0.2) is 0 Å². The van der Waals surface area contributed by atoms with E-state index in [-0.39, 0.29) is 16.9 Å². The molecule has 0 aliphatic heterocycles. The molecule has 5 fully saturated rings. The molecule has 0 aromatic carbocycles. The molecule has 0 amide bonds. The first kappa shape index (κ1) is 23.4. The van der Waals surface area contributed by atoms with E-state index in [1.807, 2.05) is 0 Å². The van der Waals surface area contributed by atoms with Crippen LogP contribution in [0.15, 0.2) is 12.2 Å². The highest BCUT2D eigenvalue weighted by Gasteiger charge is 2.70. The molecule has 0 radical (unpaired) electrons. The highest BCUT2D eigenvalue weighted by Crippen LogP contribution is 2.77. The van der Waals surface area contributed by atoms with Crippen LogP contribution in [-0.2, 0) is 0 Å². The van der Waals surface area contributed by atoms with E-state index >= 15 is 0 Å². The average molecular weight is 443 g/mol. The maximum atomic E-state index is 10.9. The quantitative estimate of drug-likeness (QED) is 0.452. The first-order chi connectivity index (χ1) is 14.9. The smallest absolute Gasteiger partial charge is 0.0594 e. The van der Waals surface area contributed by atoms with E-state index < -0.39 is 0 Å². The van der Waals surface area contributed by atoms with Crippen molar-refractivity contribution >= 4 is 0 Å². The van der Waals surface area contributed by atoms with Crippen LogP contribution in [0.5, 0.6) is 0 Å². The van der Waals surface area contributed by atoms with Gasteiger partial charge in [0.1, 0.15) is 0 Å². The van der Waals surface area contributed by atoms with E-state index in [9.17, 15) is 10.2 Å². The van der Waals surface area contributed by atoms with Crippen molar-refractivity contribution < 1.29 is 10.2 Å². The normalized spacial score (nSPS) is 56.5. The number of hydrogen-bond donors (Lipinski definition) is 2. The van der Waals surface area contributed by atoms with Gasteiger partial charge in [-0.3, -0.25) is 0 Å². The molecule has 0 heterocycles. The molecule has 10 atom stereocenters. The average Bonchev–Trinajstić information content (AvgIpc) is 3.12. The van der Waals surface area contributed by atoms with Gasteiger partial charge in [0.2, 0.25) is 0 Å². The Labute approximate surface area is 197 Å². The summed E-state index contributed by atoms with van der Waals surface area (Å²) < 4.78 is 0. The maximum absolute atomic E-state index is 10.9. The van der Waals surface area contributed by atoms with Crippen LogP contribution in [0.25, 0.3) is 0 Å². The standard InChI is InChI=1S/C30H50O2/c1-19(2)20-10-15-30(18-31)17-16-28(6)21(25(20)30)8-9-23-27(5)13-12-24(32)26(3,4)22(27)11-14-29(23,28)7/h20-25,31-32H,1,8-18H2,2-7H3/t20-,21+,22-,23-,24+,25+,27+,28-,29-,30-/m1/s1. The Morgan fingerprint density at radius 2 is 1.53 bits per heavy atom. The van der Waals surface area contributed by atoms with Gasteiger partial charge in [-0.05, 0) is 128 Å². The summed E-state index contributed by atoms with van der Waals surface area (Å²) in [6, 6.07) is 0. The Hall–Kier alpha value is -0.340. The van der Waals surface area contributed by atoms with Crippen LogP contribution in [-0.4, -0.2) is 22.9 Å². The monoisotopic (exact) mass is 442 g/mol. The molecule has 5 aliphatic rings. The molecule has 0 spiro atoms. The van der Waals surface area contributed by atoms with Gasteiger partial charge in [-0.1, -0.05) is 46.8 Å². The van der Waals surface area contributed by atoms with E-state index in [1.54, 1.807) is 0 Å². The summed E-state index contributed by atoms with van der Waals surface area (Å²) >= 11 is 0. The number of hydrogen-bond acceptors (Lipinski definition) is 2. The van der Waals surface area contributed by atoms with Gasteiger partial charge in [-0.15, -0.1) is 0 Å².